The summed E-state index contributed by atoms with van der Waals surface area (Å²) < 4.78 is 1.99. The Labute approximate surface area is 87.7 Å². The average Bonchev–Trinajstić information content (AvgIpc) is 2.57. The fraction of sp³-hybridized carbons (Fsp3) is 0.300. The van der Waals surface area contributed by atoms with Gasteiger partial charge < -0.3 is 10.3 Å². The second kappa shape index (κ2) is 3.68. The van der Waals surface area contributed by atoms with Gasteiger partial charge in [0, 0.05) is 6.54 Å². The van der Waals surface area contributed by atoms with Gasteiger partial charge in [0.1, 0.15) is 5.52 Å². The Hall–Kier alpha value is -1.91. The third kappa shape index (κ3) is 1.96. The maximum atomic E-state index is 5.47. The van der Waals surface area contributed by atoms with Gasteiger partial charge in [-0.2, -0.15) is 4.98 Å². The smallest absolute Gasteiger partial charge is 0.222 e. The van der Waals surface area contributed by atoms with Crippen LogP contribution in [0.1, 0.15) is 13.8 Å². The van der Waals surface area contributed by atoms with E-state index < -0.39 is 0 Å². The lowest BCUT2D eigenvalue weighted by atomic mass is 10.3. The first-order chi connectivity index (χ1) is 7.16. The van der Waals surface area contributed by atoms with Crippen LogP contribution in [0.3, 0.4) is 0 Å². The second-order valence-corrected chi connectivity index (χ2v) is 3.62. The zero-order chi connectivity index (χ0) is 10.8. The maximum Gasteiger partial charge on any atom is 0.222 e. The first-order valence-electron chi connectivity index (χ1n) is 4.73. The summed E-state index contributed by atoms with van der Waals surface area (Å²) in [6.45, 7) is 4.91. The Bertz CT molecular complexity index is 508. The number of rotatable bonds is 2. The van der Waals surface area contributed by atoms with Gasteiger partial charge in [0.15, 0.2) is 5.65 Å². The number of anilines is 1. The minimum absolute atomic E-state index is 0.259. The van der Waals surface area contributed by atoms with Crippen LogP contribution in [0.15, 0.2) is 24.2 Å². The van der Waals surface area contributed by atoms with Gasteiger partial charge in [-0.15, -0.1) is 0 Å². The Balaban J connectivity index is 2.41. The maximum absolute atomic E-state index is 5.47. The van der Waals surface area contributed by atoms with Crippen molar-refractivity contribution >= 4 is 17.1 Å². The Morgan fingerprint density at radius 3 is 3.00 bits per heavy atom. The molecular weight excluding hydrogens is 190 g/mol. The van der Waals surface area contributed by atoms with Gasteiger partial charge in [-0.25, -0.2) is 9.97 Å². The van der Waals surface area contributed by atoms with Crippen LogP contribution >= 0.6 is 0 Å². The number of nitrogen functional groups attached to an aromatic ring is 1. The van der Waals surface area contributed by atoms with Crippen molar-refractivity contribution in [3.63, 3.8) is 0 Å². The second-order valence-electron chi connectivity index (χ2n) is 3.62. The van der Waals surface area contributed by atoms with Crippen molar-refractivity contribution in [3.8, 4) is 0 Å². The highest BCUT2D eigenvalue weighted by atomic mass is 15.1. The van der Waals surface area contributed by atoms with E-state index in [0.717, 1.165) is 12.1 Å². The topological polar surface area (TPSA) is 69.6 Å². The lowest BCUT2D eigenvalue weighted by Crippen LogP contribution is -1.97. The summed E-state index contributed by atoms with van der Waals surface area (Å²) in [7, 11) is 0. The Kier molecular flexibility index (Phi) is 2.37. The molecule has 0 bridgehead atoms. The van der Waals surface area contributed by atoms with E-state index in [9.17, 15) is 0 Å². The number of allylic oxidation sites excluding steroid dienone is 2. The molecule has 0 fully saturated rings. The fourth-order valence-electron chi connectivity index (χ4n) is 1.29. The molecule has 0 amide bonds. The molecule has 0 radical (unpaired) electrons. The molecule has 5 nitrogen and oxygen atoms in total. The zero-order valence-corrected chi connectivity index (χ0v) is 8.81. The van der Waals surface area contributed by atoms with Crippen LogP contribution in [0.5, 0.6) is 0 Å². The highest BCUT2D eigenvalue weighted by Gasteiger charge is 2.03. The van der Waals surface area contributed by atoms with Gasteiger partial charge in [-0.1, -0.05) is 11.6 Å². The van der Waals surface area contributed by atoms with E-state index in [1.807, 2.05) is 4.57 Å². The summed E-state index contributed by atoms with van der Waals surface area (Å²) in [4.78, 5) is 12.1. The monoisotopic (exact) mass is 203 g/mol. The van der Waals surface area contributed by atoms with Gasteiger partial charge in [-0.05, 0) is 13.8 Å². The number of hydrogen-bond acceptors (Lipinski definition) is 4. The molecule has 78 valence electrons. The van der Waals surface area contributed by atoms with Crippen LogP contribution in [0, 0.1) is 0 Å². The minimum atomic E-state index is 0.259. The molecule has 2 aromatic heterocycles. The van der Waals surface area contributed by atoms with Gasteiger partial charge in [0.25, 0.3) is 0 Å². The molecule has 0 unspecified atom stereocenters. The quantitative estimate of drug-likeness (QED) is 0.748. The van der Waals surface area contributed by atoms with Crippen molar-refractivity contribution in [2.45, 2.75) is 20.4 Å². The summed E-state index contributed by atoms with van der Waals surface area (Å²) in [5.41, 5.74) is 8.29. The van der Waals surface area contributed by atoms with Crippen LogP contribution in [-0.2, 0) is 6.54 Å². The molecule has 5 heteroatoms. The molecule has 0 aliphatic carbocycles. The summed E-state index contributed by atoms with van der Waals surface area (Å²) >= 11 is 0. The normalized spacial score (nSPS) is 10.5. The molecule has 2 rings (SSSR count). The molecule has 0 atom stereocenters. The molecule has 0 spiro atoms. The first kappa shape index (κ1) is 9.64. The molecule has 2 heterocycles. The van der Waals surface area contributed by atoms with Crippen molar-refractivity contribution in [3.05, 3.63) is 24.2 Å². The number of aromatic nitrogens is 4. The average molecular weight is 203 g/mol. The van der Waals surface area contributed by atoms with Crippen molar-refractivity contribution in [1.29, 1.82) is 0 Å². The van der Waals surface area contributed by atoms with Crippen LogP contribution in [0.4, 0.5) is 5.95 Å². The highest BCUT2D eigenvalue weighted by molar-refractivity contribution is 5.70. The number of nitrogens with zero attached hydrogens (tertiary/aromatic N) is 4. The van der Waals surface area contributed by atoms with Crippen LogP contribution in [-0.4, -0.2) is 19.5 Å². The molecule has 0 aliphatic rings. The summed E-state index contributed by atoms with van der Waals surface area (Å²) in [5, 5.41) is 0. The lowest BCUT2D eigenvalue weighted by Gasteiger charge is -1.99. The zero-order valence-electron chi connectivity index (χ0n) is 8.81. The van der Waals surface area contributed by atoms with Crippen molar-refractivity contribution in [2.24, 2.45) is 0 Å². The molecule has 0 saturated carbocycles. The van der Waals surface area contributed by atoms with E-state index in [4.69, 9.17) is 5.73 Å². The standard InChI is InChI=1S/C10H13N5/c1-7(2)3-4-15-6-13-9-8(15)5-12-10(11)14-9/h3,5-6H,4H2,1-2H3,(H2,11,12,14). The fourth-order valence-corrected chi connectivity index (χ4v) is 1.29. The summed E-state index contributed by atoms with van der Waals surface area (Å²) in [6, 6.07) is 0. The summed E-state index contributed by atoms with van der Waals surface area (Å²) in [6.07, 6.45) is 5.57. The predicted octanol–water partition coefficient (Wildman–Crippen LogP) is 1.37. The molecule has 2 aromatic rings. The van der Waals surface area contributed by atoms with Gasteiger partial charge in [-0.3, -0.25) is 0 Å². The van der Waals surface area contributed by atoms with E-state index in [0.29, 0.717) is 5.65 Å². The molecule has 15 heavy (non-hydrogen) atoms. The SMILES string of the molecule is CC(C)=CCn1cnc2nc(N)ncc21. The largest absolute Gasteiger partial charge is 0.368 e. The van der Waals surface area contributed by atoms with E-state index >= 15 is 0 Å². The Morgan fingerprint density at radius 1 is 1.47 bits per heavy atom. The molecule has 0 aromatic carbocycles. The van der Waals surface area contributed by atoms with Crippen molar-refractivity contribution in [1.82, 2.24) is 19.5 Å². The highest BCUT2D eigenvalue weighted by Crippen LogP contribution is 2.10. The van der Waals surface area contributed by atoms with E-state index in [-0.39, 0.29) is 5.95 Å². The number of fused-ring (bicyclic) bond motifs is 1. The summed E-state index contributed by atoms with van der Waals surface area (Å²) in [5.74, 6) is 0.259. The molecular formula is C10H13N5. The molecule has 0 aliphatic heterocycles. The third-order valence-corrected chi connectivity index (χ3v) is 2.09. The van der Waals surface area contributed by atoms with E-state index in [2.05, 4.69) is 34.9 Å². The molecule has 2 N–H and O–H groups in total. The van der Waals surface area contributed by atoms with Gasteiger partial charge in [0.2, 0.25) is 5.95 Å². The van der Waals surface area contributed by atoms with Crippen LogP contribution in [0.25, 0.3) is 11.2 Å². The minimum Gasteiger partial charge on any atom is -0.368 e. The lowest BCUT2D eigenvalue weighted by molar-refractivity contribution is 0.841. The van der Waals surface area contributed by atoms with Crippen LogP contribution in [0.2, 0.25) is 0 Å². The Morgan fingerprint density at radius 2 is 2.27 bits per heavy atom. The number of nitrogens with two attached hydrogens (primary N) is 1. The first-order valence-corrected chi connectivity index (χ1v) is 4.73. The third-order valence-electron chi connectivity index (χ3n) is 2.09. The van der Waals surface area contributed by atoms with Gasteiger partial charge >= 0.3 is 0 Å². The van der Waals surface area contributed by atoms with Crippen molar-refractivity contribution in [2.75, 3.05) is 5.73 Å². The number of imidazole rings is 1. The molecule has 0 saturated heterocycles. The van der Waals surface area contributed by atoms with Gasteiger partial charge in [0.05, 0.1) is 12.5 Å². The number of hydrogen-bond donors (Lipinski definition) is 1. The van der Waals surface area contributed by atoms with Crippen molar-refractivity contribution < 1.29 is 0 Å². The van der Waals surface area contributed by atoms with Crippen LogP contribution < -0.4 is 5.73 Å². The van der Waals surface area contributed by atoms with E-state index in [1.165, 1.54) is 5.57 Å². The predicted molar refractivity (Wildman–Crippen MR) is 59.2 cm³/mol. The van der Waals surface area contributed by atoms with E-state index in [1.54, 1.807) is 12.5 Å².